The molecule has 2 rings (SSSR count). The number of carbonyl (C=O) groups excluding carboxylic acids is 3. The molecule has 0 bridgehead atoms. The molecule has 1 unspecified atom stereocenters. The van der Waals surface area contributed by atoms with E-state index in [-0.39, 0.29) is 23.7 Å². The van der Waals surface area contributed by atoms with Crippen molar-refractivity contribution in [2.24, 2.45) is 23.7 Å². The minimum absolute atomic E-state index is 0.0419. The first-order chi connectivity index (χ1) is 13.6. The zero-order chi connectivity index (χ0) is 20.4. The van der Waals surface area contributed by atoms with Gasteiger partial charge < -0.3 is 4.74 Å². The van der Waals surface area contributed by atoms with Gasteiger partial charge >= 0.3 is 5.97 Å². The van der Waals surface area contributed by atoms with E-state index < -0.39 is 0 Å². The summed E-state index contributed by atoms with van der Waals surface area (Å²) in [5, 5.41) is 0. The molecule has 2 saturated carbocycles. The molecule has 0 spiro atoms. The Bertz CT molecular complexity index is 589. The highest BCUT2D eigenvalue weighted by molar-refractivity contribution is 5.88. The van der Waals surface area contributed by atoms with Gasteiger partial charge in [-0.3, -0.25) is 14.4 Å². The monoisotopic (exact) mass is 388 g/mol. The molecule has 2 aliphatic rings. The van der Waals surface area contributed by atoms with Crippen molar-refractivity contribution in [2.45, 2.75) is 77.6 Å². The topological polar surface area (TPSA) is 60.4 Å². The Kier molecular flexibility index (Phi) is 9.66. The Hall–Kier alpha value is -1.71. The van der Waals surface area contributed by atoms with Gasteiger partial charge in [0.2, 0.25) is 0 Å². The van der Waals surface area contributed by atoms with Crippen molar-refractivity contribution < 1.29 is 19.1 Å². The van der Waals surface area contributed by atoms with Crippen molar-refractivity contribution in [3.05, 3.63) is 24.3 Å². The summed E-state index contributed by atoms with van der Waals surface area (Å²) in [4.78, 5) is 35.9. The Labute approximate surface area is 169 Å². The molecule has 0 heterocycles. The second-order valence-corrected chi connectivity index (χ2v) is 8.32. The van der Waals surface area contributed by atoms with Crippen LogP contribution in [0.4, 0.5) is 0 Å². The third-order valence-electron chi connectivity index (χ3n) is 6.23. The molecule has 2 aliphatic carbocycles. The molecular weight excluding hydrogens is 352 g/mol. The van der Waals surface area contributed by atoms with Crippen LogP contribution in [0.5, 0.6) is 0 Å². The van der Waals surface area contributed by atoms with Gasteiger partial charge in [0.15, 0.2) is 0 Å². The number of rotatable bonds is 11. The minimum atomic E-state index is -0.178. The molecule has 156 valence electrons. The maximum atomic E-state index is 12.6. The number of esters is 1. The highest BCUT2D eigenvalue weighted by atomic mass is 16.5. The summed E-state index contributed by atoms with van der Waals surface area (Å²) in [6, 6.07) is 0. The number of methoxy groups -OCH3 is 1. The Morgan fingerprint density at radius 1 is 1.04 bits per heavy atom. The number of allylic oxidation sites excluding steroid dienone is 4. The number of unbranched alkanes of at least 4 members (excludes halogenated alkanes) is 4. The Morgan fingerprint density at radius 3 is 2.57 bits per heavy atom. The van der Waals surface area contributed by atoms with E-state index in [9.17, 15) is 14.4 Å². The van der Waals surface area contributed by atoms with Crippen molar-refractivity contribution in [3.63, 3.8) is 0 Å². The van der Waals surface area contributed by atoms with Gasteiger partial charge in [0.05, 0.1) is 7.11 Å². The lowest BCUT2D eigenvalue weighted by atomic mass is 9.69. The number of carbonyl (C=O) groups is 3. The predicted molar refractivity (Wildman–Crippen MR) is 111 cm³/mol. The smallest absolute Gasteiger partial charge is 0.305 e. The van der Waals surface area contributed by atoms with Crippen LogP contribution in [0.3, 0.4) is 0 Å². The van der Waals surface area contributed by atoms with Crippen molar-refractivity contribution in [1.82, 2.24) is 0 Å². The van der Waals surface area contributed by atoms with E-state index in [2.05, 4.69) is 36.0 Å². The van der Waals surface area contributed by atoms with E-state index in [0.29, 0.717) is 43.2 Å². The molecule has 0 radical (unpaired) electrons. The number of hydrogen-bond donors (Lipinski definition) is 0. The zero-order valence-corrected chi connectivity index (χ0v) is 17.5. The van der Waals surface area contributed by atoms with E-state index in [1.807, 2.05) is 0 Å². The summed E-state index contributed by atoms with van der Waals surface area (Å²) in [6.07, 6.45) is 17.9. The van der Waals surface area contributed by atoms with E-state index >= 15 is 0 Å². The number of Topliss-reactive ketones (excluding diaryl/α,β-unsaturated/α-hetero) is 2. The predicted octanol–water partition coefficient (Wildman–Crippen LogP) is 5.21. The van der Waals surface area contributed by atoms with Crippen LogP contribution in [-0.4, -0.2) is 24.6 Å². The second kappa shape index (κ2) is 12.0. The third-order valence-corrected chi connectivity index (χ3v) is 6.23. The summed E-state index contributed by atoms with van der Waals surface area (Å²) >= 11 is 0. The van der Waals surface area contributed by atoms with Crippen LogP contribution < -0.4 is 0 Å². The van der Waals surface area contributed by atoms with E-state index in [4.69, 9.17) is 0 Å². The molecule has 0 aromatic carbocycles. The maximum absolute atomic E-state index is 12.6. The first-order valence-electron chi connectivity index (χ1n) is 11.0. The molecule has 4 atom stereocenters. The molecule has 28 heavy (non-hydrogen) atoms. The van der Waals surface area contributed by atoms with Gasteiger partial charge in [-0.1, -0.05) is 44.1 Å². The molecule has 0 aromatic heterocycles. The number of ether oxygens (including phenoxy) is 1. The van der Waals surface area contributed by atoms with Gasteiger partial charge in [0, 0.05) is 31.6 Å². The number of fused-ring (bicyclic) bond motifs is 1. The van der Waals surface area contributed by atoms with Crippen LogP contribution in [0.15, 0.2) is 24.3 Å². The maximum Gasteiger partial charge on any atom is 0.305 e. The highest BCUT2D eigenvalue weighted by Gasteiger charge is 2.48. The summed E-state index contributed by atoms with van der Waals surface area (Å²) in [6.45, 7) is 2.20. The second-order valence-electron chi connectivity index (χ2n) is 8.32. The van der Waals surface area contributed by atoms with Crippen molar-refractivity contribution in [2.75, 3.05) is 7.11 Å². The molecule has 0 aliphatic heterocycles. The number of ketones is 2. The van der Waals surface area contributed by atoms with Crippen molar-refractivity contribution in [3.8, 4) is 0 Å². The zero-order valence-electron chi connectivity index (χ0n) is 17.5. The molecule has 0 N–H and O–H groups in total. The van der Waals surface area contributed by atoms with E-state index in [0.717, 1.165) is 25.7 Å². The van der Waals surface area contributed by atoms with Gasteiger partial charge in [-0.15, -0.1) is 0 Å². The quantitative estimate of drug-likeness (QED) is 0.277. The van der Waals surface area contributed by atoms with Gasteiger partial charge in [-0.25, -0.2) is 0 Å². The average Bonchev–Trinajstić information content (AvgIpc) is 2.98. The van der Waals surface area contributed by atoms with Crippen molar-refractivity contribution in [1.29, 1.82) is 0 Å². The van der Waals surface area contributed by atoms with Crippen LogP contribution in [0.2, 0.25) is 0 Å². The van der Waals surface area contributed by atoms with Gasteiger partial charge in [0.25, 0.3) is 0 Å². The molecule has 0 amide bonds. The molecular formula is C24H36O4. The van der Waals surface area contributed by atoms with Crippen LogP contribution in [-0.2, 0) is 19.1 Å². The van der Waals surface area contributed by atoms with E-state index in [1.54, 1.807) is 0 Å². The molecule has 0 aromatic rings. The van der Waals surface area contributed by atoms with Gasteiger partial charge in [0.1, 0.15) is 11.6 Å². The fourth-order valence-corrected chi connectivity index (χ4v) is 4.82. The highest BCUT2D eigenvalue weighted by Crippen LogP contribution is 2.48. The summed E-state index contributed by atoms with van der Waals surface area (Å²) in [5.41, 5.74) is 0. The van der Waals surface area contributed by atoms with Crippen LogP contribution in [0, 0.1) is 23.7 Å². The van der Waals surface area contributed by atoms with Crippen molar-refractivity contribution >= 4 is 17.5 Å². The Morgan fingerprint density at radius 2 is 1.82 bits per heavy atom. The molecule has 4 heteroatoms. The largest absolute Gasteiger partial charge is 0.469 e. The van der Waals surface area contributed by atoms with Crippen LogP contribution >= 0.6 is 0 Å². The fourth-order valence-electron chi connectivity index (χ4n) is 4.82. The van der Waals surface area contributed by atoms with Gasteiger partial charge in [-0.05, 0) is 49.9 Å². The molecule has 4 nitrogen and oxygen atoms in total. The van der Waals surface area contributed by atoms with E-state index in [1.165, 1.54) is 26.4 Å². The lowest BCUT2D eigenvalue weighted by Crippen LogP contribution is -2.32. The first kappa shape index (κ1) is 22.6. The third kappa shape index (κ3) is 6.72. The normalized spacial score (nSPS) is 27.6. The number of hydrogen-bond acceptors (Lipinski definition) is 4. The fraction of sp³-hybridized carbons (Fsp3) is 0.708. The summed E-state index contributed by atoms with van der Waals surface area (Å²) < 4.78 is 4.64. The summed E-state index contributed by atoms with van der Waals surface area (Å²) in [5.74, 6) is 1.27. The SMILES string of the molecule is CCCCC/C=C/[C@@H]1CC(=O)C[C@@H]2CC(=O)[C@H](C/C=C\CCCC(=O)OC)C21. The van der Waals surface area contributed by atoms with Crippen LogP contribution in [0.25, 0.3) is 0 Å². The first-order valence-corrected chi connectivity index (χ1v) is 11.0. The lowest BCUT2D eigenvalue weighted by molar-refractivity contribution is -0.140. The standard InChI is InChI=1S/C24H36O4/c1-3-4-5-6-9-12-18-15-20(25)16-19-17-22(26)21(24(18)19)13-10-7-8-11-14-23(27)28-2/h7,9-10,12,18-19,21,24H,3-6,8,11,13-17H2,1-2H3/b10-7-,12-9+/t18-,19-,21+,24?/m1/s1. The average molecular weight is 389 g/mol. The minimum Gasteiger partial charge on any atom is -0.469 e. The Balaban J connectivity index is 1.90. The molecule has 0 saturated heterocycles. The molecule has 2 fully saturated rings. The lowest BCUT2D eigenvalue weighted by Gasteiger charge is -2.34. The van der Waals surface area contributed by atoms with Gasteiger partial charge in [-0.2, -0.15) is 0 Å². The summed E-state index contributed by atoms with van der Waals surface area (Å²) in [7, 11) is 1.41. The van der Waals surface area contributed by atoms with Crippen LogP contribution in [0.1, 0.15) is 77.6 Å².